The van der Waals surface area contributed by atoms with Crippen LogP contribution in [-0.2, 0) is 26.2 Å². The van der Waals surface area contributed by atoms with E-state index in [-0.39, 0.29) is 17.3 Å². The van der Waals surface area contributed by atoms with Crippen LogP contribution in [0.1, 0.15) is 12.5 Å². The van der Waals surface area contributed by atoms with Crippen molar-refractivity contribution < 1.29 is 18.0 Å². The lowest BCUT2D eigenvalue weighted by atomic mass is 10.1. The zero-order valence-electron chi connectivity index (χ0n) is 19.2. The Kier molecular flexibility index (Phi) is 8.93. The third kappa shape index (κ3) is 6.62. The molecule has 7 nitrogen and oxygen atoms in total. The van der Waals surface area contributed by atoms with Gasteiger partial charge in [-0.3, -0.25) is 13.9 Å². The summed E-state index contributed by atoms with van der Waals surface area (Å²) in [6.07, 6.45) is 0. The lowest BCUT2D eigenvalue weighted by Gasteiger charge is -2.31. The van der Waals surface area contributed by atoms with Gasteiger partial charge in [-0.05, 0) is 61.0 Å². The molecule has 0 bridgehead atoms. The predicted molar refractivity (Wildman–Crippen MR) is 141 cm³/mol. The van der Waals surface area contributed by atoms with Gasteiger partial charge in [-0.1, -0.05) is 57.9 Å². The van der Waals surface area contributed by atoms with Gasteiger partial charge in [0.25, 0.3) is 10.0 Å². The van der Waals surface area contributed by atoms with Gasteiger partial charge in [0.2, 0.25) is 11.8 Å². The van der Waals surface area contributed by atoms with Crippen molar-refractivity contribution in [1.82, 2.24) is 10.2 Å². The summed E-state index contributed by atoms with van der Waals surface area (Å²) >= 11 is 9.32. The fourth-order valence-corrected chi connectivity index (χ4v) is 5.24. The summed E-state index contributed by atoms with van der Waals surface area (Å²) in [5.74, 6) is -0.882. The monoisotopic (exact) mass is 577 g/mol. The fraction of sp³-hybridized carbons (Fsp3) is 0.200. The average Bonchev–Trinajstić information content (AvgIpc) is 2.86. The van der Waals surface area contributed by atoms with Gasteiger partial charge in [0.05, 0.1) is 10.6 Å². The molecular formula is C25H25BrClN3O4S. The van der Waals surface area contributed by atoms with Crippen LogP contribution in [0.15, 0.2) is 88.2 Å². The second-order valence-electron chi connectivity index (χ2n) is 7.74. The number of amides is 2. The number of benzene rings is 3. The van der Waals surface area contributed by atoms with Gasteiger partial charge in [0.15, 0.2) is 0 Å². The summed E-state index contributed by atoms with van der Waals surface area (Å²) < 4.78 is 29.1. The molecule has 2 amide bonds. The topological polar surface area (TPSA) is 86.8 Å². The first kappa shape index (κ1) is 26.7. The van der Waals surface area contributed by atoms with E-state index in [0.29, 0.717) is 10.7 Å². The van der Waals surface area contributed by atoms with Crippen molar-refractivity contribution in [3.8, 4) is 0 Å². The van der Waals surface area contributed by atoms with Crippen LogP contribution in [0, 0.1) is 0 Å². The van der Waals surface area contributed by atoms with Crippen LogP contribution in [0.25, 0.3) is 0 Å². The number of likely N-dealkylation sites (N-methyl/N-ethyl adjacent to an activating group) is 1. The third-order valence-corrected chi connectivity index (χ3v) is 7.97. The summed E-state index contributed by atoms with van der Waals surface area (Å²) in [6, 6.07) is 20.6. The van der Waals surface area contributed by atoms with E-state index < -0.39 is 28.5 Å². The number of para-hydroxylation sites is 1. The minimum atomic E-state index is -4.11. The molecule has 0 fully saturated rings. The van der Waals surface area contributed by atoms with Crippen LogP contribution in [0.4, 0.5) is 5.69 Å². The highest BCUT2D eigenvalue weighted by Gasteiger charge is 2.32. The Hall–Kier alpha value is -2.88. The first-order chi connectivity index (χ1) is 16.6. The van der Waals surface area contributed by atoms with Crippen LogP contribution < -0.4 is 9.62 Å². The minimum absolute atomic E-state index is 0.00244. The van der Waals surface area contributed by atoms with E-state index in [4.69, 9.17) is 11.6 Å². The lowest BCUT2D eigenvalue weighted by Crippen LogP contribution is -2.50. The summed E-state index contributed by atoms with van der Waals surface area (Å²) in [5.41, 5.74) is 1.12. The van der Waals surface area contributed by atoms with Gasteiger partial charge < -0.3 is 10.2 Å². The molecule has 3 aromatic rings. The van der Waals surface area contributed by atoms with Crippen molar-refractivity contribution in [1.29, 1.82) is 0 Å². The van der Waals surface area contributed by atoms with Crippen molar-refractivity contribution >= 4 is 55.1 Å². The molecule has 35 heavy (non-hydrogen) atoms. The maximum atomic E-state index is 13.6. The summed E-state index contributed by atoms with van der Waals surface area (Å²) in [4.78, 5) is 27.4. The van der Waals surface area contributed by atoms with Gasteiger partial charge >= 0.3 is 0 Å². The zero-order valence-corrected chi connectivity index (χ0v) is 22.3. The molecule has 184 valence electrons. The molecule has 0 aliphatic carbocycles. The standard InChI is InChI=1S/C25H25BrClN3O4S/c1-18(25(32)28-2)29(16-19-8-10-20(26)11-9-19)24(31)17-30(22-6-4-3-5-7-22)35(33,34)23-14-12-21(27)13-15-23/h3-15,18H,16-17H2,1-2H3,(H,28,32)/t18-/m0/s1. The first-order valence-electron chi connectivity index (χ1n) is 10.7. The van der Waals surface area contributed by atoms with Gasteiger partial charge in [-0.15, -0.1) is 0 Å². The van der Waals surface area contributed by atoms with Gasteiger partial charge in [0.1, 0.15) is 12.6 Å². The van der Waals surface area contributed by atoms with Gasteiger partial charge in [-0.25, -0.2) is 8.42 Å². The molecule has 0 unspecified atom stereocenters. The molecule has 0 aliphatic rings. The highest BCUT2D eigenvalue weighted by Crippen LogP contribution is 2.25. The molecule has 0 saturated carbocycles. The number of sulfonamides is 1. The fourth-order valence-electron chi connectivity index (χ4n) is 3.43. The van der Waals surface area contributed by atoms with Crippen LogP contribution in [0.2, 0.25) is 5.02 Å². The van der Waals surface area contributed by atoms with Crippen molar-refractivity contribution in [2.75, 3.05) is 17.9 Å². The average molecular weight is 579 g/mol. The van der Waals surface area contributed by atoms with Crippen LogP contribution in [0.5, 0.6) is 0 Å². The maximum absolute atomic E-state index is 13.6. The number of nitrogens with one attached hydrogen (secondary N) is 1. The Balaban J connectivity index is 1.99. The number of carbonyl (C=O) groups excluding carboxylic acids is 2. The lowest BCUT2D eigenvalue weighted by molar-refractivity contribution is -0.139. The molecule has 0 radical (unpaired) electrons. The molecular weight excluding hydrogens is 554 g/mol. The van der Waals surface area contributed by atoms with E-state index in [1.165, 1.54) is 36.2 Å². The zero-order chi connectivity index (χ0) is 25.6. The van der Waals surface area contributed by atoms with E-state index in [9.17, 15) is 18.0 Å². The minimum Gasteiger partial charge on any atom is -0.357 e. The SMILES string of the molecule is CNC(=O)[C@H](C)N(Cc1ccc(Br)cc1)C(=O)CN(c1ccccc1)S(=O)(=O)c1ccc(Cl)cc1. The van der Waals surface area contributed by atoms with Crippen LogP contribution >= 0.6 is 27.5 Å². The Morgan fingerprint density at radius 1 is 0.971 bits per heavy atom. The maximum Gasteiger partial charge on any atom is 0.264 e. The molecule has 3 rings (SSSR count). The highest BCUT2D eigenvalue weighted by molar-refractivity contribution is 9.10. The van der Waals surface area contributed by atoms with Crippen LogP contribution in [0.3, 0.4) is 0 Å². The molecule has 1 atom stereocenters. The van der Waals surface area contributed by atoms with Crippen LogP contribution in [-0.4, -0.2) is 44.8 Å². The highest BCUT2D eigenvalue weighted by atomic mass is 79.9. The molecule has 3 aromatic carbocycles. The molecule has 10 heteroatoms. The van der Waals surface area contributed by atoms with E-state index in [1.807, 2.05) is 24.3 Å². The van der Waals surface area contributed by atoms with Crippen molar-refractivity contribution in [3.05, 3.63) is 93.9 Å². The molecule has 0 saturated heterocycles. The van der Waals surface area contributed by atoms with Crippen molar-refractivity contribution in [3.63, 3.8) is 0 Å². The molecule has 1 N–H and O–H groups in total. The molecule has 0 aliphatic heterocycles. The number of carbonyl (C=O) groups is 2. The van der Waals surface area contributed by atoms with Gasteiger partial charge in [-0.2, -0.15) is 0 Å². The second-order valence-corrected chi connectivity index (χ2v) is 11.0. The van der Waals surface area contributed by atoms with Crippen molar-refractivity contribution in [2.45, 2.75) is 24.4 Å². The van der Waals surface area contributed by atoms with Crippen molar-refractivity contribution in [2.24, 2.45) is 0 Å². The van der Waals surface area contributed by atoms with E-state index in [2.05, 4.69) is 21.2 Å². The summed E-state index contributed by atoms with van der Waals surface area (Å²) in [5, 5.41) is 2.95. The van der Waals surface area contributed by atoms with E-state index in [0.717, 1.165) is 14.3 Å². The Morgan fingerprint density at radius 3 is 2.14 bits per heavy atom. The summed E-state index contributed by atoms with van der Waals surface area (Å²) in [6.45, 7) is 1.24. The largest absolute Gasteiger partial charge is 0.357 e. The second kappa shape index (κ2) is 11.7. The normalized spacial score (nSPS) is 12.0. The number of anilines is 1. The number of rotatable bonds is 9. The predicted octanol–water partition coefficient (Wildman–Crippen LogP) is 4.46. The van der Waals surface area contributed by atoms with E-state index >= 15 is 0 Å². The Morgan fingerprint density at radius 2 is 1.57 bits per heavy atom. The molecule has 0 heterocycles. The van der Waals surface area contributed by atoms with Gasteiger partial charge in [0, 0.05) is 23.1 Å². The molecule has 0 aromatic heterocycles. The Labute approximate surface area is 218 Å². The third-order valence-electron chi connectivity index (χ3n) is 5.40. The number of hydrogen-bond acceptors (Lipinski definition) is 4. The Bertz CT molecular complexity index is 1270. The number of hydrogen-bond donors (Lipinski definition) is 1. The number of nitrogens with zero attached hydrogens (tertiary/aromatic N) is 2. The summed E-state index contributed by atoms with van der Waals surface area (Å²) in [7, 11) is -2.62. The van der Waals surface area contributed by atoms with E-state index in [1.54, 1.807) is 37.3 Å². The smallest absolute Gasteiger partial charge is 0.264 e. The molecule has 0 spiro atoms. The first-order valence-corrected chi connectivity index (χ1v) is 13.3. The number of halogens is 2. The quantitative estimate of drug-likeness (QED) is 0.406.